The number of carboxylic acids is 6. The number of fused-ring (bicyclic) bond motifs is 4. The lowest BCUT2D eigenvalue weighted by atomic mass is 10.2. The van der Waals surface area contributed by atoms with Crippen LogP contribution in [0.5, 0.6) is 17.2 Å². The van der Waals surface area contributed by atoms with Crippen LogP contribution in [0.15, 0.2) is 52.1 Å². The van der Waals surface area contributed by atoms with E-state index in [1.807, 2.05) is 0 Å². The number of carboxylic acid groups (broad SMARTS) is 6. The molecule has 0 saturated carbocycles. The second-order valence-corrected chi connectivity index (χ2v) is 14.0. The highest BCUT2D eigenvalue weighted by atomic mass is 16.4. The van der Waals surface area contributed by atoms with Crippen LogP contribution in [0.4, 0.5) is 0 Å². The number of nitrogens with one attached hydrogen (secondary N) is 2. The van der Waals surface area contributed by atoms with E-state index in [-0.39, 0.29) is 87.8 Å². The first kappa shape index (κ1) is 54.9. The van der Waals surface area contributed by atoms with Crippen LogP contribution in [0.25, 0.3) is 0 Å². The van der Waals surface area contributed by atoms with Gasteiger partial charge in [0.15, 0.2) is 17.3 Å². The van der Waals surface area contributed by atoms with E-state index in [2.05, 4.69) is 15.1 Å². The highest BCUT2D eigenvalue weighted by Crippen LogP contribution is 2.20. The molecule has 0 amide bonds. The smallest absolute Gasteiger partial charge is 0.317 e. The Hall–Kier alpha value is -7.21. The fraction of sp³-hybridized carbons (Fsp3) is 0.447. The van der Waals surface area contributed by atoms with E-state index in [1.165, 1.54) is 19.6 Å². The molecule has 0 spiro atoms. The molecule has 0 radical (unpaired) electrons. The van der Waals surface area contributed by atoms with Crippen LogP contribution in [0.3, 0.4) is 0 Å². The van der Waals surface area contributed by atoms with Gasteiger partial charge in [-0.05, 0) is 0 Å². The molecule has 12 N–H and O–H groups in total. The molecule has 0 unspecified atom stereocenters. The highest BCUT2D eigenvalue weighted by Gasteiger charge is 2.24. The van der Waals surface area contributed by atoms with Crippen LogP contribution in [-0.2, 0) is 61.6 Å². The van der Waals surface area contributed by atoms with Crippen LogP contribution >= 0.6 is 0 Å². The van der Waals surface area contributed by atoms with E-state index >= 15 is 0 Å². The van der Waals surface area contributed by atoms with Crippen LogP contribution in [0, 0.1) is 0 Å². The van der Waals surface area contributed by atoms with Crippen molar-refractivity contribution in [2.24, 2.45) is 0 Å². The standard InChI is InChI=1S/C26H32N4O14.C6H12N2O4.C6H6O4/c31-17-5-15-7-27(11-21(33)34)1-3-29(13-23(37)38)9-19-25(41)18(32)6-16(44-19)8-28(12-22(35)36)2-4-30(14-24(39)40)10-20(43-15)26(17)42;9-5(10)3-7-1-2-8-4-6(11)12;7-2-4-1-5(8)6(9)3-10-4/h5-6,41-42H,1-4,7-14H2,(H,33,34)(H,35,36)(H,37,38)(H,39,40);7-8H,1-4H2,(H,9,10)(H,11,12);1,3,7,9H,2H2. The molecule has 3 aromatic rings. The van der Waals surface area contributed by atoms with E-state index in [0.717, 1.165) is 24.5 Å². The number of rotatable bonds is 16. The third-order valence-electron chi connectivity index (χ3n) is 8.53. The SMILES string of the molecule is O=C(O)CN1CCN(CC(=O)O)Cc2oc(cc(=O)c2O)CN(CC(=O)O)CCN(CC(=O)O)Cc2oc(cc(=O)c2O)C1.O=C(O)CNCCNCC(=O)O.O=c1cc(CO)occ1O. The molecule has 28 nitrogen and oxygen atoms in total. The molecule has 0 fully saturated rings. The maximum atomic E-state index is 12.5. The Balaban J connectivity index is 0.000000552. The Kier molecular flexibility index (Phi) is 23.2. The first-order chi connectivity index (χ1) is 31.1. The Labute approximate surface area is 371 Å². The summed E-state index contributed by atoms with van der Waals surface area (Å²) in [6.45, 7) is -3.82. The van der Waals surface area contributed by atoms with Gasteiger partial charge in [0, 0.05) is 57.5 Å². The molecule has 3 aromatic heterocycles. The van der Waals surface area contributed by atoms with Gasteiger partial charge in [-0.2, -0.15) is 0 Å². The average molecular weight is 943 g/mol. The number of aliphatic hydroxyl groups excluding tert-OH is 1. The summed E-state index contributed by atoms with van der Waals surface area (Å²) >= 11 is 0. The molecular formula is C38H50N6O22. The van der Waals surface area contributed by atoms with Crippen molar-refractivity contribution in [3.63, 3.8) is 0 Å². The van der Waals surface area contributed by atoms with Crippen molar-refractivity contribution in [1.82, 2.24) is 30.2 Å². The predicted octanol–water partition coefficient (Wildman–Crippen LogP) is -3.56. The third-order valence-corrected chi connectivity index (χ3v) is 8.53. The summed E-state index contributed by atoms with van der Waals surface area (Å²) in [5.74, 6) is -9.57. The van der Waals surface area contributed by atoms with Crippen molar-refractivity contribution >= 4 is 35.8 Å². The van der Waals surface area contributed by atoms with Crippen LogP contribution in [0.1, 0.15) is 28.8 Å². The predicted molar refractivity (Wildman–Crippen MR) is 219 cm³/mol. The minimum Gasteiger partial charge on any atom is -0.502 e. The van der Waals surface area contributed by atoms with Crippen molar-refractivity contribution in [3.05, 3.63) is 83.9 Å². The first-order valence-electron chi connectivity index (χ1n) is 19.3. The van der Waals surface area contributed by atoms with Gasteiger partial charge in [-0.15, -0.1) is 0 Å². The van der Waals surface area contributed by atoms with Gasteiger partial charge in [0.2, 0.25) is 27.8 Å². The molecule has 28 heteroatoms. The molecule has 1 aliphatic rings. The Bertz CT molecular complexity index is 2180. The maximum Gasteiger partial charge on any atom is 0.317 e. The third kappa shape index (κ3) is 21.4. The fourth-order valence-corrected chi connectivity index (χ4v) is 5.67. The zero-order valence-electron chi connectivity index (χ0n) is 35.0. The molecule has 0 aromatic carbocycles. The fourth-order valence-electron chi connectivity index (χ4n) is 5.67. The van der Waals surface area contributed by atoms with Gasteiger partial charge in [-0.1, -0.05) is 0 Å². The minimum absolute atomic E-state index is 0.0749. The Morgan fingerprint density at radius 1 is 0.515 bits per heavy atom. The topological polar surface area (TPSA) is 432 Å². The number of hydrogen-bond donors (Lipinski definition) is 12. The van der Waals surface area contributed by atoms with Crippen LogP contribution in [-0.4, -0.2) is 185 Å². The zero-order chi connectivity index (χ0) is 49.5. The summed E-state index contributed by atoms with van der Waals surface area (Å²) in [4.78, 5) is 107. The van der Waals surface area contributed by atoms with Gasteiger partial charge in [-0.3, -0.25) is 62.8 Å². The van der Waals surface area contributed by atoms with Gasteiger partial charge in [0.25, 0.3) is 0 Å². The Morgan fingerprint density at radius 2 is 0.864 bits per heavy atom. The van der Waals surface area contributed by atoms with Crippen LogP contribution < -0.4 is 26.9 Å². The molecule has 66 heavy (non-hydrogen) atoms. The van der Waals surface area contributed by atoms with Crippen molar-refractivity contribution < 1.29 is 93.1 Å². The van der Waals surface area contributed by atoms with E-state index in [9.17, 15) is 73.8 Å². The average Bonchev–Trinajstić information content (AvgIpc) is 3.21. The number of aromatic hydroxyl groups is 3. The van der Waals surface area contributed by atoms with Crippen LogP contribution in [0.2, 0.25) is 0 Å². The molecule has 1 aliphatic heterocycles. The molecule has 4 bridgehead atoms. The number of nitrogens with zero attached hydrogens (tertiary/aromatic N) is 4. The quantitative estimate of drug-likeness (QED) is 0.0618. The number of aliphatic hydroxyl groups is 1. The van der Waals surface area contributed by atoms with E-state index in [4.69, 9.17) is 29.3 Å². The molecule has 0 saturated heterocycles. The Morgan fingerprint density at radius 3 is 1.17 bits per heavy atom. The lowest BCUT2D eigenvalue weighted by Crippen LogP contribution is -2.40. The summed E-state index contributed by atoms with van der Waals surface area (Å²) < 4.78 is 16.0. The summed E-state index contributed by atoms with van der Waals surface area (Å²) in [5.41, 5.74) is -2.29. The van der Waals surface area contributed by atoms with Crippen molar-refractivity contribution in [2.45, 2.75) is 32.8 Å². The minimum atomic E-state index is -1.28. The first-order valence-corrected chi connectivity index (χ1v) is 19.3. The molecule has 0 atom stereocenters. The van der Waals surface area contributed by atoms with E-state index in [0.29, 0.717) is 13.1 Å². The normalized spacial score (nSPS) is 14.3. The molecule has 4 heterocycles. The van der Waals surface area contributed by atoms with E-state index < -0.39 is 109 Å². The van der Waals surface area contributed by atoms with Gasteiger partial charge in [-0.25, -0.2) is 0 Å². The lowest BCUT2D eigenvalue weighted by molar-refractivity contribution is -0.140. The summed E-state index contributed by atoms with van der Waals surface area (Å²) in [5, 5.41) is 97.2. The van der Waals surface area contributed by atoms with Crippen molar-refractivity contribution in [2.75, 3.05) is 78.5 Å². The van der Waals surface area contributed by atoms with Crippen molar-refractivity contribution in [1.29, 1.82) is 0 Å². The highest BCUT2D eigenvalue weighted by molar-refractivity contribution is 5.70. The number of aliphatic carboxylic acids is 6. The van der Waals surface area contributed by atoms with E-state index in [1.54, 1.807) is 0 Å². The second kappa shape index (κ2) is 27.9. The van der Waals surface area contributed by atoms with Gasteiger partial charge < -0.3 is 75.0 Å². The molecule has 4 rings (SSSR count). The molecular weight excluding hydrogens is 892 g/mol. The maximum absolute atomic E-state index is 12.5. The van der Waals surface area contributed by atoms with Gasteiger partial charge >= 0.3 is 35.8 Å². The number of hydrogen-bond acceptors (Lipinski definition) is 22. The summed E-state index contributed by atoms with van der Waals surface area (Å²) in [7, 11) is 0. The zero-order valence-corrected chi connectivity index (χ0v) is 35.0. The monoisotopic (exact) mass is 942 g/mol. The lowest BCUT2D eigenvalue weighted by Gasteiger charge is -2.27. The second-order valence-electron chi connectivity index (χ2n) is 14.0. The van der Waals surface area contributed by atoms with Gasteiger partial charge in [0.1, 0.15) is 30.2 Å². The largest absolute Gasteiger partial charge is 0.502 e. The molecule has 364 valence electrons. The van der Waals surface area contributed by atoms with Gasteiger partial charge in [0.05, 0.1) is 65.4 Å². The van der Waals surface area contributed by atoms with Crippen molar-refractivity contribution in [3.8, 4) is 17.2 Å². The molecule has 0 aliphatic carbocycles. The number of carbonyl (C=O) groups is 6. The summed E-state index contributed by atoms with van der Waals surface area (Å²) in [6.07, 6.45) is 0.897. The summed E-state index contributed by atoms with van der Waals surface area (Å²) in [6, 6.07) is 2.92.